The fraction of sp³-hybridized carbons (Fsp3) is 0. The van der Waals surface area contributed by atoms with Gasteiger partial charge in [0.15, 0.2) is 0 Å². The lowest BCUT2D eigenvalue weighted by Crippen LogP contribution is -1.85. The molecular formula is C42H24S. The van der Waals surface area contributed by atoms with E-state index in [1.807, 2.05) is 11.3 Å². The number of fused-ring (bicyclic) bond motifs is 9. The zero-order chi connectivity index (χ0) is 28.1. The predicted octanol–water partition coefficient (Wildman–Crippen LogP) is 12.5. The van der Waals surface area contributed by atoms with E-state index in [1.165, 1.54) is 97.0 Å². The van der Waals surface area contributed by atoms with Crippen LogP contribution in [-0.4, -0.2) is 0 Å². The lowest BCUT2D eigenvalue weighted by atomic mass is 9.92. The van der Waals surface area contributed by atoms with E-state index in [1.54, 1.807) is 0 Å². The first-order valence-electron chi connectivity index (χ1n) is 14.8. The molecule has 8 aromatic carbocycles. The Bertz CT molecular complexity index is 2590. The van der Waals surface area contributed by atoms with Gasteiger partial charge in [-0.3, -0.25) is 0 Å². The third-order valence-corrected chi connectivity index (χ3v) is 10.6. The molecule has 0 saturated carbocycles. The molecule has 1 heteroatoms. The summed E-state index contributed by atoms with van der Waals surface area (Å²) in [5.41, 5.74) is 10.5. The summed E-state index contributed by atoms with van der Waals surface area (Å²) in [6.07, 6.45) is 0. The summed E-state index contributed by atoms with van der Waals surface area (Å²) in [4.78, 5) is 0. The summed E-state index contributed by atoms with van der Waals surface area (Å²) in [5, 5.41) is 10.6. The monoisotopic (exact) mass is 560 g/mol. The van der Waals surface area contributed by atoms with Gasteiger partial charge in [-0.1, -0.05) is 115 Å². The lowest BCUT2D eigenvalue weighted by Gasteiger charge is -2.11. The second-order valence-corrected chi connectivity index (χ2v) is 12.7. The summed E-state index contributed by atoms with van der Waals surface area (Å²) >= 11 is 1.89. The highest BCUT2D eigenvalue weighted by Gasteiger charge is 2.22. The first-order chi connectivity index (χ1) is 21.3. The molecule has 9 aromatic rings. The topological polar surface area (TPSA) is 0 Å². The number of hydrogen-bond acceptors (Lipinski definition) is 1. The van der Waals surface area contributed by atoms with Gasteiger partial charge in [-0.15, -0.1) is 11.3 Å². The van der Waals surface area contributed by atoms with Crippen molar-refractivity contribution in [2.24, 2.45) is 0 Å². The van der Waals surface area contributed by atoms with Crippen molar-refractivity contribution in [3.05, 3.63) is 146 Å². The molecule has 0 atom stereocenters. The van der Waals surface area contributed by atoms with Crippen LogP contribution in [0, 0.1) is 0 Å². The minimum absolute atomic E-state index is 1.27. The fourth-order valence-corrected chi connectivity index (χ4v) is 8.53. The van der Waals surface area contributed by atoms with Gasteiger partial charge in [-0.2, -0.15) is 0 Å². The summed E-state index contributed by atoms with van der Waals surface area (Å²) in [5.74, 6) is 0. The van der Waals surface area contributed by atoms with Gasteiger partial charge in [0, 0.05) is 20.2 Å². The second kappa shape index (κ2) is 8.64. The van der Waals surface area contributed by atoms with Crippen molar-refractivity contribution in [2.45, 2.75) is 0 Å². The maximum absolute atomic E-state index is 2.42. The summed E-state index contributed by atoms with van der Waals surface area (Å²) in [6.45, 7) is 0. The molecule has 1 aromatic heterocycles. The van der Waals surface area contributed by atoms with Gasteiger partial charge in [0.25, 0.3) is 0 Å². The Labute approximate surface area is 253 Å². The van der Waals surface area contributed by atoms with Gasteiger partial charge < -0.3 is 0 Å². The van der Waals surface area contributed by atoms with Crippen LogP contribution in [-0.2, 0) is 0 Å². The molecule has 1 heterocycles. The molecule has 0 unspecified atom stereocenters. The van der Waals surface area contributed by atoms with Crippen molar-refractivity contribution in [3.63, 3.8) is 0 Å². The Morgan fingerprint density at radius 2 is 0.860 bits per heavy atom. The second-order valence-electron chi connectivity index (χ2n) is 11.6. The van der Waals surface area contributed by atoms with E-state index in [4.69, 9.17) is 0 Å². The number of thiophene rings is 1. The van der Waals surface area contributed by atoms with Crippen LogP contribution in [0.3, 0.4) is 0 Å². The smallest absolute Gasteiger partial charge is 0.0355 e. The normalized spacial score (nSPS) is 12.2. The first kappa shape index (κ1) is 23.3. The average molecular weight is 561 g/mol. The van der Waals surface area contributed by atoms with Crippen molar-refractivity contribution in [3.8, 4) is 44.5 Å². The minimum atomic E-state index is 1.27. The molecule has 10 rings (SSSR count). The third-order valence-electron chi connectivity index (χ3n) is 9.41. The van der Waals surface area contributed by atoms with Crippen molar-refractivity contribution >= 4 is 63.8 Å². The third kappa shape index (κ3) is 3.26. The van der Waals surface area contributed by atoms with Gasteiger partial charge in [0.2, 0.25) is 0 Å². The number of hydrogen-bond donors (Lipinski definition) is 0. The molecule has 0 bridgehead atoms. The van der Waals surface area contributed by atoms with E-state index in [-0.39, 0.29) is 0 Å². The SMILES string of the molecule is c1ccc2c(c1)-c1cccc3c(-c4ccc5sc6ccc(-c7cc8ccccc8c8ccccc78)cc6c5c4)ccc-2c13. The van der Waals surface area contributed by atoms with Crippen LogP contribution in [0.4, 0.5) is 0 Å². The minimum Gasteiger partial charge on any atom is -0.135 e. The van der Waals surface area contributed by atoms with Gasteiger partial charge in [0.05, 0.1) is 0 Å². The molecule has 0 N–H and O–H groups in total. The quantitative estimate of drug-likeness (QED) is 0.184. The van der Waals surface area contributed by atoms with E-state index in [0.29, 0.717) is 0 Å². The van der Waals surface area contributed by atoms with E-state index in [0.717, 1.165) is 0 Å². The van der Waals surface area contributed by atoms with Crippen molar-refractivity contribution < 1.29 is 0 Å². The van der Waals surface area contributed by atoms with E-state index >= 15 is 0 Å². The highest BCUT2D eigenvalue weighted by Crippen LogP contribution is 2.49. The van der Waals surface area contributed by atoms with E-state index < -0.39 is 0 Å². The fourth-order valence-electron chi connectivity index (χ4n) is 7.47. The Hall–Kier alpha value is -5.24. The van der Waals surface area contributed by atoms with Crippen LogP contribution in [0.15, 0.2) is 146 Å². The molecule has 198 valence electrons. The van der Waals surface area contributed by atoms with Gasteiger partial charge in [0.1, 0.15) is 0 Å². The molecule has 0 amide bonds. The van der Waals surface area contributed by atoms with Gasteiger partial charge in [-0.05, 0) is 107 Å². The Morgan fingerprint density at radius 1 is 0.302 bits per heavy atom. The predicted molar refractivity (Wildman–Crippen MR) is 187 cm³/mol. The highest BCUT2D eigenvalue weighted by molar-refractivity contribution is 7.25. The van der Waals surface area contributed by atoms with Crippen LogP contribution in [0.1, 0.15) is 0 Å². The van der Waals surface area contributed by atoms with Crippen LogP contribution in [0.5, 0.6) is 0 Å². The molecule has 0 fully saturated rings. The summed E-state index contributed by atoms with van der Waals surface area (Å²) in [6, 6.07) is 54.2. The zero-order valence-corrected chi connectivity index (χ0v) is 24.1. The maximum Gasteiger partial charge on any atom is 0.0355 e. The molecule has 1 aliphatic carbocycles. The highest BCUT2D eigenvalue weighted by atomic mass is 32.1. The Morgan fingerprint density at radius 3 is 1.63 bits per heavy atom. The van der Waals surface area contributed by atoms with Gasteiger partial charge in [-0.25, -0.2) is 0 Å². The van der Waals surface area contributed by atoms with Gasteiger partial charge >= 0.3 is 0 Å². The molecule has 0 nitrogen and oxygen atoms in total. The van der Waals surface area contributed by atoms with Crippen molar-refractivity contribution in [1.82, 2.24) is 0 Å². The number of rotatable bonds is 2. The van der Waals surface area contributed by atoms with Crippen LogP contribution >= 0.6 is 11.3 Å². The molecule has 1 aliphatic rings. The van der Waals surface area contributed by atoms with Crippen molar-refractivity contribution in [2.75, 3.05) is 0 Å². The molecule has 0 spiro atoms. The molecule has 0 saturated heterocycles. The molecule has 0 aliphatic heterocycles. The lowest BCUT2D eigenvalue weighted by molar-refractivity contribution is 1.69. The zero-order valence-electron chi connectivity index (χ0n) is 23.3. The largest absolute Gasteiger partial charge is 0.135 e. The van der Waals surface area contributed by atoms with E-state index in [9.17, 15) is 0 Å². The summed E-state index contributed by atoms with van der Waals surface area (Å²) < 4.78 is 2.66. The van der Waals surface area contributed by atoms with Crippen LogP contribution in [0.25, 0.3) is 97.0 Å². The average Bonchev–Trinajstić information content (AvgIpc) is 3.60. The molecular weight excluding hydrogens is 537 g/mol. The standard InChI is InChI=1S/C42H24S/c1-2-9-28-25(8-1)22-37(33-13-6-3-10-30(28)33)27-17-21-41-39(24-27)38-23-26(16-20-40(38)43-41)29-18-19-36-32-12-5-4-11-31(32)35-15-7-14-34(29)42(35)36/h1-24H. The summed E-state index contributed by atoms with van der Waals surface area (Å²) in [7, 11) is 0. The number of benzene rings is 8. The maximum atomic E-state index is 2.42. The molecule has 43 heavy (non-hydrogen) atoms. The van der Waals surface area contributed by atoms with Crippen LogP contribution in [0.2, 0.25) is 0 Å². The molecule has 0 radical (unpaired) electrons. The Kier molecular flexibility index (Phi) is 4.69. The first-order valence-corrected chi connectivity index (χ1v) is 15.7. The van der Waals surface area contributed by atoms with Crippen LogP contribution < -0.4 is 0 Å². The van der Waals surface area contributed by atoms with E-state index in [2.05, 4.69) is 146 Å². The Balaban J connectivity index is 1.19. The van der Waals surface area contributed by atoms with Crippen molar-refractivity contribution in [1.29, 1.82) is 0 Å².